The van der Waals surface area contributed by atoms with Gasteiger partial charge in [-0.25, -0.2) is 0 Å². The molecule has 4 aromatic carbocycles. The molecule has 0 bridgehead atoms. The topological polar surface area (TPSA) is 35.6 Å². The second kappa shape index (κ2) is 9.99. The first-order valence-electron chi connectivity index (χ1n) is 11.6. The summed E-state index contributed by atoms with van der Waals surface area (Å²) in [6, 6.07) is 35.8. The molecule has 4 nitrogen and oxygen atoms in total. The number of benzene rings is 4. The van der Waals surface area contributed by atoms with Gasteiger partial charge in [0.25, 0.3) is 0 Å². The number of hydrogen-bond donors (Lipinski definition) is 1. The SMILES string of the molecule is O=C(CN1CCN(C(c2ccccc2)c2ccccc2)CC1)Nc1cccc2ccccc12. The maximum absolute atomic E-state index is 12.8. The van der Waals surface area contributed by atoms with Gasteiger partial charge >= 0.3 is 0 Å². The molecule has 1 fully saturated rings. The fourth-order valence-corrected chi connectivity index (χ4v) is 4.79. The number of hydrogen-bond acceptors (Lipinski definition) is 3. The Balaban J connectivity index is 1.23. The van der Waals surface area contributed by atoms with E-state index in [0.29, 0.717) is 6.54 Å². The van der Waals surface area contributed by atoms with Crippen molar-refractivity contribution in [2.45, 2.75) is 6.04 Å². The van der Waals surface area contributed by atoms with Gasteiger partial charge in [0.15, 0.2) is 0 Å². The van der Waals surface area contributed by atoms with E-state index in [4.69, 9.17) is 0 Å². The molecule has 0 aromatic heterocycles. The summed E-state index contributed by atoms with van der Waals surface area (Å²) < 4.78 is 0. The molecule has 1 heterocycles. The van der Waals surface area contributed by atoms with Crippen molar-refractivity contribution in [2.24, 2.45) is 0 Å². The van der Waals surface area contributed by atoms with Gasteiger partial charge in [0.05, 0.1) is 12.6 Å². The Bertz CT molecular complexity index is 1160. The maximum Gasteiger partial charge on any atom is 0.238 e. The summed E-state index contributed by atoms with van der Waals surface area (Å²) in [7, 11) is 0. The second-order valence-corrected chi connectivity index (χ2v) is 8.61. The van der Waals surface area contributed by atoms with Crippen LogP contribution >= 0.6 is 0 Å². The van der Waals surface area contributed by atoms with E-state index in [0.717, 1.165) is 42.6 Å². The van der Waals surface area contributed by atoms with Crippen molar-refractivity contribution in [1.29, 1.82) is 0 Å². The third-order valence-corrected chi connectivity index (χ3v) is 6.43. The van der Waals surface area contributed by atoms with Gasteiger partial charge in [0.2, 0.25) is 5.91 Å². The van der Waals surface area contributed by atoms with Gasteiger partial charge in [0.1, 0.15) is 0 Å². The van der Waals surface area contributed by atoms with Crippen LogP contribution in [0.25, 0.3) is 10.8 Å². The van der Waals surface area contributed by atoms with E-state index in [1.54, 1.807) is 0 Å². The number of amides is 1. The van der Waals surface area contributed by atoms with Gasteiger partial charge in [0, 0.05) is 37.3 Å². The first-order valence-corrected chi connectivity index (χ1v) is 11.6. The Morgan fingerprint density at radius 3 is 1.94 bits per heavy atom. The Kier molecular flexibility index (Phi) is 6.47. The highest BCUT2D eigenvalue weighted by Crippen LogP contribution is 2.29. The third-order valence-electron chi connectivity index (χ3n) is 6.43. The lowest BCUT2D eigenvalue weighted by atomic mass is 9.96. The molecule has 0 spiro atoms. The van der Waals surface area contributed by atoms with Gasteiger partial charge in [-0.1, -0.05) is 97.1 Å². The zero-order valence-electron chi connectivity index (χ0n) is 18.7. The molecule has 0 unspecified atom stereocenters. The van der Waals surface area contributed by atoms with Crippen LogP contribution in [-0.2, 0) is 4.79 Å². The molecule has 1 amide bonds. The fourth-order valence-electron chi connectivity index (χ4n) is 4.79. The molecule has 0 radical (unpaired) electrons. The lowest BCUT2D eigenvalue weighted by Gasteiger charge is -2.39. The second-order valence-electron chi connectivity index (χ2n) is 8.61. The highest BCUT2D eigenvalue weighted by Gasteiger charge is 2.27. The number of nitrogens with zero attached hydrogens (tertiary/aromatic N) is 2. The average Bonchev–Trinajstić information content (AvgIpc) is 2.87. The highest BCUT2D eigenvalue weighted by molar-refractivity contribution is 6.02. The molecule has 0 aliphatic carbocycles. The summed E-state index contributed by atoms with van der Waals surface area (Å²) in [6.07, 6.45) is 0. The van der Waals surface area contributed by atoms with Gasteiger partial charge in [-0.2, -0.15) is 0 Å². The molecule has 4 aromatic rings. The van der Waals surface area contributed by atoms with Crippen LogP contribution in [0.1, 0.15) is 17.2 Å². The molecule has 0 saturated carbocycles. The van der Waals surface area contributed by atoms with Crippen LogP contribution in [0, 0.1) is 0 Å². The van der Waals surface area contributed by atoms with E-state index in [2.05, 4.69) is 94.0 Å². The predicted octanol–water partition coefficient (Wildman–Crippen LogP) is 5.19. The van der Waals surface area contributed by atoms with E-state index in [-0.39, 0.29) is 11.9 Å². The summed E-state index contributed by atoms with van der Waals surface area (Å²) in [5, 5.41) is 5.34. The Hall–Kier alpha value is -3.47. The van der Waals surface area contributed by atoms with Gasteiger partial charge in [-0.05, 0) is 22.6 Å². The van der Waals surface area contributed by atoms with E-state index in [9.17, 15) is 4.79 Å². The molecule has 5 rings (SSSR count). The van der Waals surface area contributed by atoms with Gasteiger partial charge < -0.3 is 5.32 Å². The van der Waals surface area contributed by atoms with Crippen molar-refractivity contribution in [1.82, 2.24) is 9.80 Å². The predicted molar refractivity (Wildman–Crippen MR) is 135 cm³/mol. The largest absolute Gasteiger partial charge is 0.324 e. The molecule has 33 heavy (non-hydrogen) atoms. The normalized spacial score (nSPS) is 15.1. The molecular formula is C29H29N3O. The van der Waals surface area contributed by atoms with Crippen LogP contribution in [-0.4, -0.2) is 48.4 Å². The van der Waals surface area contributed by atoms with Gasteiger partial charge in [-0.15, -0.1) is 0 Å². The van der Waals surface area contributed by atoms with E-state index < -0.39 is 0 Å². The third kappa shape index (κ3) is 4.98. The molecular weight excluding hydrogens is 406 g/mol. The van der Waals surface area contributed by atoms with E-state index in [1.807, 2.05) is 24.3 Å². The van der Waals surface area contributed by atoms with E-state index in [1.165, 1.54) is 11.1 Å². The Labute approximate surface area is 195 Å². The van der Waals surface area contributed by atoms with Crippen molar-refractivity contribution in [2.75, 3.05) is 38.0 Å². The summed E-state index contributed by atoms with van der Waals surface area (Å²) in [5.74, 6) is 0.0440. The van der Waals surface area contributed by atoms with Crippen LogP contribution in [0.5, 0.6) is 0 Å². The lowest BCUT2D eigenvalue weighted by Crippen LogP contribution is -2.49. The van der Waals surface area contributed by atoms with Gasteiger partial charge in [-0.3, -0.25) is 14.6 Å². The van der Waals surface area contributed by atoms with Crippen LogP contribution in [0.15, 0.2) is 103 Å². The van der Waals surface area contributed by atoms with Crippen molar-refractivity contribution < 1.29 is 4.79 Å². The molecule has 1 saturated heterocycles. The Morgan fingerprint density at radius 1 is 0.697 bits per heavy atom. The lowest BCUT2D eigenvalue weighted by molar-refractivity contribution is -0.117. The standard InChI is InChI=1S/C29H29N3O/c33-28(30-27-17-9-15-23-10-7-8-16-26(23)27)22-31-18-20-32(21-19-31)29(24-11-3-1-4-12-24)25-13-5-2-6-14-25/h1-17,29H,18-22H2,(H,30,33). The molecule has 166 valence electrons. The maximum atomic E-state index is 12.8. The molecule has 1 aliphatic rings. The van der Waals surface area contributed by atoms with Crippen LogP contribution in [0.2, 0.25) is 0 Å². The summed E-state index contributed by atoms with van der Waals surface area (Å²) in [4.78, 5) is 17.6. The zero-order chi connectivity index (χ0) is 22.5. The number of piperazine rings is 1. The minimum absolute atomic E-state index is 0.0440. The Morgan fingerprint density at radius 2 is 1.27 bits per heavy atom. The first-order chi connectivity index (χ1) is 16.3. The summed E-state index contributed by atoms with van der Waals surface area (Å²) in [6.45, 7) is 4.02. The molecule has 0 atom stereocenters. The molecule has 4 heteroatoms. The smallest absolute Gasteiger partial charge is 0.238 e. The molecule has 1 aliphatic heterocycles. The number of carbonyl (C=O) groups is 1. The van der Waals surface area contributed by atoms with Crippen LogP contribution < -0.4 is 5.32 Å². The van der Waals surface area contributed by atoms with E-state index >= 15 is 0 Å². The monoisotopic (exact) mass is 435 g/mol. The van der Waals surface area contributed by atoms with Crippen LogP contribution in [0.3, 0.4) is 0 Å². The summed E-state index contributed by atoms with van der Waals surface area (Å²) in [5.41, 5.74) is 3.50. The van der Waals surface area contributed by atoms with Crippen molar-refractivity contribution in [3.63, 3.8) is 0 Å². The van der Waals surface area contributed by atoms with Crippen molar-refractivity contribution in [3.05, 3.63) is 114 Å². The average molecular weight is 436 g/mol. The highest BCUT2D eigenvalue weighted by atomic mass is 16.2. The van der Waals surface area contributed by atoms with Crippen molar-refractivity contribution >= 4 is 22.4 Å². The minimum atomic E-state index is 0.0440. The van der Waals surface area contributed by atoms with Crippen molar-refractivity contribution in [3.8, 4) is 0 Å². The molecule has 1 N–H and O–H groups in total. The number of fused-ring (bicyclic) bond motifs is 1. The number of nitrogens with one attached hydrogen (secondary N) is 1. The first kappa shape index (κ1) is 21.4. The fraction of sp³-hybridized carbons (Fsp3) is 0.207. The summed E-state index contributed by atoms with van der Waals surface area (Å²) >= 11 is 0. The number of carbonyl (C=O) groups excluding carboxylic acids is 1. The quantitative estimate of drug-likeness (QED) is 0.453. The number of rotatable bonds is 6. The van der Waals surface area contributed by atoms with Crippen LogP contribution in [0.4, 0.5) is 5.69 Å². The minimum Gasteiger partial charge on any atom is -0.324 e. The zero-order valence-corrected chi connectivity index (χ0v) is 18.7. The number of anilines is 1.